The van der Waals surface area contributed by atoms with Crippen molar-refractivity contribution in [1.82, 2.24) is 14.4 Å². The van der Waals surface area contributed by atoms with E-state index in [9.17, 15) is 9.59 Å². The first-order chi connectivity index (χ1) is 6.58. The van der Waals surface area contributed by atoms with Gasteiger partial charge in [-0.25, -0.2) is 9.59 Å². The number of hydrogen-bond acceptors (Lipinski definition) is 3. The number of nitrogens with zero attached hydrogens (tertiary/aromatic N) is 2. The first-order valence-electron chi connectivity index (χ1n) is 3.87. The first kappa shape index (κ1) is 8.96. The van der Waals surface area contributed by atoms with Crippen LogP contribution >= 0.6 is 11.6 Å². The van der Waals surface area contributed by atoms with Crippen molar-refractivity contribution in [3.05, 3.63) is 43.8 Å². The molecule has 0 aliphatic rings. The largest absolute Gasteiger partial charge is 0.351 e. The van der Waals surface area contributed by atoms with Gasteiger partial charge in [0.2, 0.25) is 0 Å². The molecular formula is C8H6ClN3O2. The highest BCUT2D eigenvalue weighted by molar-refractivity contribution is 6.30. The number of aromatic amines is 1. The van der Waals surface area contributed by atoms with E-state index >= 15 is 0 Å². The molecule has 6 heteroatoms. The molecule has 2 aromatic heterocycles. The Kier molecular flexibility index (Phi) is 1.89. The fourth-order valence-corrected chi connectivity index (χ4v) is 1.52. The molecule has 2 rings (SSSR count). The monoisotopic (exact) mass is 211 g/mol. The molecule has 0 saturated heterocycles. The van der Waals surface area contributed by atoms with Crippen molar-refractivity contribution in [2.45, 2.75) is 6.92 Å². The number of rotatable bonds is 0. The Labute approximate surface area is 83.0 Å². The molecule has 0 bridgehead atoms. The van der Waals surface area contributed by atoms with Gasteiger partial charge in [-0.15, -0.1) is 0 Å². The molecular weight excluding hydrogens is 206 g/mol. The summed E-state index contributed by atoms with van der Waals surface area (Å²) in [5.74, 6) is 0. The van der Waals surface area contributed by atoms with Crippen molar-refractivity contribution in [2.24, 2.45) is 0 Å². The maximum absolute atomic E-state index is 11.3. The normalized spacial score (nSPS) is 10.7. The molecule has 0 spiro atoms. The minimum absolute atomic E-state index is 0.322. The van der Waals surface area contributed by atoms with Gasteiger partial charge < -0.3 is 0 Å². The van der Waals surface area contributed by atoms with Crippen LogP contribution < -0.4 is 11.4 Å². The van der Waals surface area contributed by atoms with Crippen molar-refractivity contribution in [1.29, 1.82) is 0 Å². The van der Waals surface area contributed by atoms with Gasteiger partial charge in [-0.05, 0) is 18.6 Å². The lowest BCUT2D eigenvalue weighted by Crippen LogP contribution is -2.28. The summed E-state index contributed by atoms with van der Waals surface area (Å²) in [6, 6.07) is 1.64. The van der Waals surface area contributed by atoms with Crippen molar-refractivity contribution in [3.8, 4) is 0 Å². The Morgan fingerprint density at radius 2 is 2.21 bits per heavy atom. The van der Waals surface area contributed by atoms with E-state index in [1.54, 1.807) is 13.0 Å². The number of halogens is 1. The molecule has 0 aromatic carbocycles. The number of aromatic nitrogens is 3. The van der Waals surface area contributed by atoms with E-state index in [1.807, 2.05) is 4.98 Å². The van der Waals surface area contributed by atoms with Crippen molar-refractivity contribution < 1.29 is 0 Å². The lowest BCUT2D eigenvalue weighted by atomic mass is 10.3. The molecule has 2 heterocycles. The quantitative estimate of drug-likeness (QED) is 0.684. The maximum Gasteiger partial charge on any atom is 0.351 e. The topological polar surface area (TPSA) is 67.2 Å². The Morgan fingerprint density at radius 3 is 2.93 bits per heavy atom. The highest BCUT2D eigenvalue weighted by Crippen LogP contribution is 2.11. The summed E-state index contributed by atoms with van der Waals surface area (Å²) in [5, 5.41) is 0.422. The fraction of sp³-hybridized carbons (Fsp3) is 0.125. The first-order valence-corrected chi connectivity index (χ1v) is 4.24. The van der Waals surface area contributed by atoms with Gasteiger partial charge in [0.25, 0.3) is 0 Å². The number of H-pyrrole nitrogens is 1. The van der Waals surface area contributed by atoms with Crippen LogP contribution in [0.1, 0.15) is 5.56 Å². The Hall–Kier alpha value is -1.62. The minimum Gasteiger partial charge on any atom is -0.257 e. The molecule has 72 valence electrons. The van der Waals surface area contributed by atoms with Gasteiger partial charge in [-0.2, -0.15) is 4.98 Å². The van der Waals surface area contributed by atoms with Crippen LogP contribution in [0.25, 0.3) is 5.65 Å². The van der Waals surface area contributed by atoms with Gasteiger partial charge in [-0.3, -0.25) is 9.38 Å². The van der Waals surface area contributed by atoms with Crippen molar-refractivity contribution in [2.75, 3.05) is 0 Å². The standard InChI is InChI=1S/C8H6ClN3O2/c1-4-2-5(9)3-12-6(4)10-7(13)11-8(12)14/h2-3H,1H3,(H,11,13,14). The van der Waals surface area contributed by atoms with Crippen LogP contribution in [0.3, 0.4) is 0 Å². The van der Waals surface area contributed by atoms with Crippen molar-refractivity contribution in [3.63, 3.8) is 0 Å². The summed E-state index contributed by atoms with van der Waals surface area (Å²) in [5.41, 5.74) is -0.185. The predicted octanol–water partition coefficient (Wildman–Crippen LogP) is 0.345. The SMILES string of the molecule is Cc1cc(Cl)cn2c(=O)[nH]c(=O)nc12. The van der Waals surface area contributed by atoms with Gasteiger partial charge in [0.1, 0.15) is 5.65 Å². The van der Waals surface area contributed by atoms with Crippen LogP contribution in [-0.2, 0) is 0 Å². The molecule has 1 N–H and O–H groups in total. The summed E-state index contributed by atoms with van der Waals surface area (Å²) in [7, 11) is 0. The summed E-state index contributed by atoms with van der Waals surface area (Å²) in [6.07, 6.45) is 1.41. The molecule has 0 aliphatic heterocycles. The number of hydrogen-bond donors (Lipinski definition) is 1. The molecule has 0 unspecified atom stereocenters. The van der Waals surface area contributed by atoms with E-state index in [4.69, 9.17) is 11.6 Å². The van der Waals surface area contributed by atoms with E-state index in [0.717, 1.165) is 0 Å². The van der Waals surface area contributed by atoms with Crippen LogP contribution in [0.5, 0.6) is 0 Å². The van der Waals surface area contributed by atoms with Gasteiger partial charge in [0.15, 0.2) is 0 Å². The van der Waals surface area contributed by atoms with Gasteiger partial charge in [0, 0.05) is 6.20 Å². The number of aryl methyl sites for hydroxylation is 1. The van der Waals surface area contributed by atoms with Gasteiger partial charge in [-0.1, -0.05) is 11.6 Å². The summed E-state index contributed by atoms with van der Waals surface area (Å²) >= 11 is 5.76. The Balaban J connectivity index is 3.10. The summed E-state index contributed by atoms with van der Waals surface area (Å²) in [6.45, 7) is 1.73. The molecule has 2 aromatic rings. The number of pyridine rings is 1. The maximum atomic E-state index is 11.3. The molecule has 0 atom stereocenters. The molecule has 0 fully saturated rings. The van der Waals surface area contributed by atoms with E-state index in [0.29, 0.717) is 16.2 Å². The predicted molar refractivity (Wildman–Crippen MR) is 51.8 cm³/mol. The molecule has 0 aliphatic carbocycles. The highest BCUT2D eigenvalue weighted by Gasteiger charge is 2.03. The zero-order valence-corrected chi connectivity index (χ0v) is 8.00. The lowest BCUT2D eigenvalue weighted by Gasteiger charge is -2.01. The van der Waals surface area contributed by atoms with E-state index in [-0.39, 0.29) is 0 Å². The van der Waals surface area contributed by atoms with Gasteiger partial charge >= 0.3 is 11.4 Å². The van der Waals surface area contributed by atoms with Crippen LogP contribution in [-0.4, -0.2) is 14.4 Å². The summed E-state index contributed by atoms with van der Waals surface area (Å²) < 4.78 is 1.21. The third kappa shape index (κ3) is 1.31. The second-order valence-electron chi connectivity index (χ2n) is 2.88. The molecule has 0 saturated carbocycles. The van der Waals surface area contributed by atoms with E-state index in [2.05, 4.69) is 4.98 Å². The Morgan fingerprint density at radius 1 is 1.50 bits per heavy atom. The van der Waals surface area contributed by atoms with E-state index < -0.39 is 11.4 Å². The molecule has 0 radical (unpaired) electrons. The minimum atomic E-state index is -0.652. The summed E-state index contributed by atoms with van der Waals surface area (Å²) in [4.78, 5) is 28.0. The fourth-order valence-electron chi connectivity index (χ4n) is 1.26. The smallest absolute Gasteiger partial charge is 0.257 e. The van der Waals surface area contributed by atoms with Crippen LogP contribution in [0, 0.1) is 6.92 Å². The average Bonchev–Trinajstić information content (AvgIpc) is 2.07. The van der Waals surface area contributed by atoms with Gasteiger partial charge in [0.05, 0.1) is 5.02 Å². The molecule has 5 nitrogen and oxygen atoms in total. The second kappa shape index (κ2) is 2.95. The zero-order valence-electron chi connectivity index (χ0n) is 7.24. The number of fused-ring (bicyclic) bond motifs is 1. The van der Waals surface area contributed by atoms with Crippen molar-refractivity contribution >= 4 is 17.2 Å². The molecule has 14 heavy (non-hydrogen) atoms. The lowest BCUT2D eigenvalue weighted by molar-refractivity contribution is 0.898. The van der Waals surface area contributed by atoms with Crippen LogP contribution in [0.15, 0.2) is 21.9 Å². The number of nitrogens with one attached hydrogen (secondary N) is 1. The highest BCUT2D eigenvalue weighted by atomic mass is 35.5. The average molecular weight is 212 g/mol. The van der Waals surface area contributed by atoms with Crippen LogP contribution in [0.4, 0.5) is 0 Å². The zero-order chi connectivity index (χ0) is 10.3. The third-order valence-electron chi connectivity index (χ3n) is 1.83. The van der Waals surface area contributed by atoms with Crippen LogP contribution in [0.2, 0.25) is 5.02 Å². The second-order valence-corrected chi connectivity index (χ2v) is 3.32. The molecule has 0 amide bonds. The van der Waals surface area contributed by atoms with E-state index in [1.165, 1.54) is 10.6 Å². The Bertz CT molecular complexity index is 614. The third-order valence-corrected chi connectivity index (χ3v) is 2.03.